The van der Waals surface area contributed by atoms with Crippen molar-refractivity contribution in [1.29, 1.82) is 0 Å². The molecule has 2 aromatic carbocycles. The van der Waals surface area contributed by atoms with E-state index >= 15 is 0 Å². The van der Waals surface area contributed by atoms with E-state index in [4.69, 9.17) is 0 Å². The number of nitrogens with zero attached hydrogens (tertiary/aromatic N) is 1. The van der Waals surface area contributed by atoms with E-state index < -0.39 is 0 Å². The molecule has 0 radical (unpaired) electrons. The summed E-state index contributed by atoms with van der Waals surface area (Å²) < 4.78 is 0. The van der Waals surface area contributed by atoms with Crippen molar-refractivity contribution in [1.82, 2.24) is 0 Å². The van der Waals surface area contributed by atoms with E-state index in [0.717, 1.165) is 0 Å². The van der Waals surface area contributed by atoms with Crippen LogP contribution in [0.25, 0.3) is 0 Å². The van der Waals surface area contributed by atoms with Crippen molar-refractivity contribution in [3.8, 4) is 0 Å². The van der Waals surface area contributed by atoms with Crippen LogP contribution in [0.15, 0.2) is 60.7 Å². The third-order valence-corrected chi connectivity index (χ3v) is 4.02. The fourth-order valence-corrected chi connectivity index (χ4v) is 2.23. The Hall–Kier alpha value is -1.76. The van der Waals surface area contributed by atoms with Gasteiger partial charge >= 0.3 is 0 Å². The van der Waals surface area contributed by atoms with E-state index in [-0.39, 0.29) is 5.54 Å². The fraction of sp³-hybridized carbons (Fsp3) is 0.333. The van der Waals surface area contributed by atoms with Gasteiger partial charge in [0.1, 0.15) is 0 Å². The molecule has 0 aliphatic heterocycles. The summed E-state index contributed by atoms with van der Waals surface area (Å²) in [4.78, 5) is 2.43. The van der Waals surface area contributed by atoms with Crippen molar-refractivity contribution in [2.45, 2.75) is 33.2 Å². The maximum atomic E-state index is 2.43. The van der Waals surface area contributed by atoms with Crippen LogP contribution in [-0.4, -0.2) is 5.54 Å². The normalized spacial score (nSPS) is 11.6. The van der Waals surface area contributed by atoms with Gasteiger partial charge in [-0.15, -0.1) is 0 Å². The second kappa shape index (κ2) is 5.48. The monoisotopic (exact) mass is 253 g/mol. The Labute approximate surface area is 116 Å². The van der Waals surface area contributed by atoms with Crippen LogP contribution >= 0.6 is 0 Å². The third kappa shape index (κ3) is 2.81. The largest absolute Gasteiger partial charge is 0.336 e. The summed E-state index contributed by atoms with van der Waals surface area (Å²) in [7, 11) is 0. The molecule has 0 unspecified atom stereocenters. The van der Waals surface area contributed by atoms with Crippen molar-refractivity contribution in [3.63, 3.8) is 0 Å². The first kappa shape index (κ1) is 13.7. The summed E-state index contributed by atoms with van der Waals surface area (Å²) in [6.45, 7) is 9.16. The third-order valence-electron chi connectivity index (χ3n) is 4.02. The van der Waals surface area contributed by atoms with Crippen LogP contribution < -0.4 is 4.90 Å². The van der Waals surface area contributed by atoms with Gasteiger partial charge in [-0.3, -0.25) is 0 Å². The van der Waals surface area contributed by atoms with Crippen molar-refractivity contribution < 1.29 is 0 Å². The number of rotatable bonds is 4. The van der Waals surface area contributed by atoms with Gasteiger partial charge in [-0.1, -0.05) is 50.2 Å². The molecule has 19 heavy (non-hydrogen) atoms. The molecule has 0 fully saturated rings. The number of hydrogen-bond donors (Lipinski definition) is 0. The summed E-state index contributed by atoms with van der Waals surface area (Å²) in [5, 5.41) is 0. The van der Waals surface area contributed by atoms with Crippen LogP contribution in [0.2, 0.25) is 0 Å². The van der Waals surface area contributed by atoms with Gasteiger partial charge < -0.3 is 4.90 Å². The first-order chi connectivity index (χ1) is 9.03. The highest BCUT2D eigenvalue weighted by molar-refractivity contribution is 5.65. The van der Waals surface area contributed by atoms with Crippen LogP contribution in [0.3, 0.4) is 0 Å². The number of hydrogen-bond acceptors (Lipinski definition) is 1. The first-order valence-corrected chi connectivity index (χ1v) is 6.94. The lowest BCUT2D eigenvalue weighted by Gasteiger charge is -2.43. The van der Waals surface area contributed by atoms with Crippen molar-refractivity contribution in [2.75, 3.05) is 4.90 Å². The maximum absolute atomic E-state index is 2.43. The maximum Gasteiger partial charge on any atom is 0.0418 e. The predicted molar refractivity (Wildman–Crippen MR) is 83.9 cm³/mol. The van der Waals surface area contributed by atoms with Gasteiger partial charge in [0.25, 0.3) is 0 Å². The molecule has 0 aromatic heterocycles. The molecule has 2 aromatic rings. The molecular weight excluding hydrogens is 230 g/mol. The lowest BCUT2D eigenvalue weighted by molar-refractivity contribution is 0.367. The Morgan fingerprint density at radius 2 is 1.11 bits per heavy atom. The summed E-state index contributed by atoms with van der Waals surface area (Å²) >= 11 is 0. The first-order valence-electron chi connectivity index (χ1n) is 6.94. The van der Waals surface area contributed by atoms with Crippen molar-refractivity contribution in [3.05, 3.63) is 60.7 Å². The average Bonchev–Trinajstić information content (AvgIpc) is 2.41. The van der Waals surface area contributed by atoms with E-state index in [1.165, 1.54) is 11.4 Å². The molecule has 1 nitrogen and oxygen atoms in total. The van der Waals surface area contributed by atoms with Gasteiger partial charge in [0.2, 0.25) is 0 Å². The van der Waals surface area contributed by atoms with E-state index in [1.54, 1.807) is 0 Å². The van der Waals surface area contributed by atoms with Gasteiger partial charge in [0.05, 0.1) is 0 Å². The van der Waals surface area contributed by atoms with Crippen LogP contribution in [0.5, 0.6) is 0 Å². The zero-order chi connectivity index (χ0) is 13.9. The quantitative estimate of drug-likeness (QED) is 0.718. The Morgan fingerprint density at radius 3 is 1.42 bits per heavy atom. The van der Waals surface area contributed by atoms with Crippen molar-refractivity contribution in [2.24, 2.45) is 5.92 Å². The van der Waals surface area contributed by atoms with Gasteiger partial charge in [0, 0.05) is 16.9 Å². The van der Waals surface area contributed by atoms with Crippen LogP contribution in [0.4, 0.5) is 11.4 Å². The molecule has 0 amide bonds. The summed E-state index contributed by atoms with van der Waals surface area (Å²) in [5.74, 6) is 0.549. The van der Waals surface area contributed by atoms with E-state index in [9.17, 15) is 0 Å². The topological polar surface area (TPSA) is 3.24 Å². The van der Waals surface area contributed by atoms with Gasteiger partial charge in [-0.25, -0.2) is 0 Å². The average molecular weight is 253 g/mol. The molecule has 0 spiro atoms. The van der Waals surface area contributed by atoms with Gasteiger partial charge in [-0.05, 0) is 44.0 Å². The fourth-order valence-electron chi connectivity index (χ4n) is 2.23. The number of anilines is 2. The Bertz CT molecular complexity index is 460. The second-order valence-corrected chi connectivity index (χ2v) is 5.81. The zero-order valence-electron chi connectivity index (χ0n) is 12.3. The molecule has 0 bridgehead atoms. The molecule has 2 rings (SSSR count). The SMILES string of the molecule is CC(C)C(C)(C)N(c1ccccc1)c1ccccc1. The minimum absolute atomic E-state index is 0.0582. The molecule has 1 heteroatoms. The van der Waals surface area contributed by atoms with Crippen LogP contribution in [0.1, 0.15) is 27.7 Å². The highest BCUT2D eigenvalue weighted by Gasteiger charge is 2.31. The lowest BCUT2D eigenvalue weighted by Crippen LogP contribution is -2.45. The molecule has 0 saturated carbocycles. The highest BCUT2D eigenvalue weighted by Crippen LogP contribution is 2.36. The van der Waals surface area contributed by atoms with E-state index in [2.05, 4.69) is 93.3 Å². The number of benzene rings is 2. The van der Waals surface area contributed by atoms with E-state index in [1.807, 2.05) is 0 Å². The molecule has 100 valence electrons. The number of para-hydroxylation sites is 2. The molecule has 0 aliphatic rings. The van der Waals surface area contributed by atoms with Crippen molar-refractivity contribution >= 4 is 11.4 Å². The summed E-state index contributed by atoms with van der Waals surface area (Å²) in [6.07, 6.45) is 0. The lowest BCUT2D eigenvalue weighted by atomic mass is 9.87. The highest BCUT2D eigenvalue weighted by atomic mass is 15.2. The molecular formula is C18H23N. The Kier molecular flexibility index (Phi) is 3.94. The standard InChI is InChI=1S/C18H23N/c1-15(2)18(3,4)19(16-11-7-5-8-12-16)17-13-9-6-10-14-17/h5-15H,1-4H3. The van der Waals surface area contributed by atoms with E-state index in [0.29, 0.717) is 5.92 Å². The summed E-state index contributed by atoms with van der Waals surface area (Å²) in [5.41, 5.74) is 2.54. The second-order valence-electron chi connectivity index (χ2n) is 5.81. The van der Waals surface area contributed by atoms with Crippen LogP contribution in [-0.2, 0) is 0 Å². The molecule has 0 atom stereocenters. The van der Waals surface area contributed by atoms with Gasteiger partial charge in [-0.2, -0.15) is 0 Å². The molecule has 0 saturated heterocycles. The Balaban J connectivity index is 2.52. The predicted octanol–water partition coefficient (Wildman–Crippen LogP) is 5.26. The smallest absolute Gasteiger partial charge is 0.0418 e. The minimum atomic E-state index is 0.0582. The molecule has 0 heterocycles. The molecule has 0 N–H and O–H groups in total. The minimum Gasteiger partial charge on any atom is -0.336 e. The van der Waals surface area contributed by atoms with Gasteiger partial charge in [0.15, 0.2) is 0 Å². The van der Waals surface area contributed by atoms with Crippen LogP contribution in [0, 0.1) is 5.92 Å². The summed E-state index contributed by atoms with van der Waals surface area (Å²) in [6, 6.07) is 21.2. The Morgan fingerprint density at radius 1 is 0.737 bits per heavy atom. The molecule has 0 aliphatic carbocycles. The zero-order valence-corrected chi connectivity index (χ0v) is 12.3.